The van der Waals surface area contributed by atoms with Crippen LogP contribution in [-0.4, -0.2) is 157 Å². The number of aliphatic hydroxyl groups is 1. The number of carbonyl (C=O) groups is 3. The summed E-state index contributed by atoms with van der Waals surface area (Å²) in [6.07, 6.45) is -9.54. The second-order valence-electron chi connectivity index (χ2n) is 32.7. The smallest absolute Gasteiger partial charge is 0.338 e. The summed E-state index contributed by atoms with van der Waals surface area (Å²) in [6, 6.07) is 96.4. The molecule has 10 aromatic carbocycles. The van der Waals surface area contributed by atoms with Crippen LogP contribution in [-0.2, 0) is 120 Å². The average molecular weight is 1700 g/mol. The number of methoxy groups -OCH3 is 1. The molecule has 124 heavy (non-hydrogen) atoms. The van der Waals surface area contributed by atoms with Crippen molar-refractivity contribution in [3.8, 4) is 0 Å². The van der Waals surface area contributed by atoms with Gasteiger partial charge in [-0.05, 0) is 85.9 Å². The summed E-state index contributed by atoms with van der Waals surface area (Å²) in [5.74, 6) is -1.52. The molecule has 20 nitrogen and oxygen atoms in total. The van der Waals surface area contributed by atoms with Gasteiger partial charge in [-0.2, -0.15) is 0 Å². The highest BCUT2D eigenvalue weighted by molar-refractivity contribution is 6.99. The maximum absolute atomic E-state index is 15.2. The fraction of sp³-hybridized carbons (Fsp3) is 0.388. The van der Waals surface area contributed by atoms with E-state index in [1.165, 1.54) is 7.11 Å². The third-order valence-electron chi connectivity index (χ3n) is 22.8. The first-order valence-corrected chi connectivity index (χ1v) is 45.5. The lowest BCUT2D eigenvalue weighted by molar-refractivity contribution is -0.354. The molecule has 13 rings (SSSR count). The lowest BCUT2D eigenvalue weighted by atomic mass is 9.96. The molecule has 21 heteroatoms. The van der Waals surface area contributed by atoms with Crippen molar-refractivity contribution in [3.63, 3.8) is 0 Å². The van der Waals surface area contributed by atoms with E-state index in [0.717, 1.165) is 95.1 Å². The number of aliphatic hydroxyl groups excluding tert-OH is 1. The van der Waals surface area contributed by atoms with E-state index in [1.54, 1.807) is 48.5 Å². The molecule has 0 amide bonds. The van der Waals surface area contributed by atoms with Crippen LogP contribution < -0.4 is 10.4 Å². The molecule has 654 valence electrons. The fourth-order valence-corrected chi connectivity index (χ4v) is 20.8. The largest absolute Gasteiger partial charge is 0.469 e. The first-order valence-electron chi connectivity index (χ1n) is 43.5. The van der Waals surface area contributed by atoms with Crippen LogP contribution in [0.2, 0.25) is 5.04 Å². The van der Waals surface area contributed by atoms with E-state index in [0.29, 0.717) is 18.4 Å². The van der Waals surface area contributed by atoms with Crippen molar-refractivity contribution < 1.29 is 95.0 Å². The summed E-state index contributed by atoms with van der Waals surface area (Å²) in [5.41, 5.74) is 5.58. The zero-order chi connectivity index (χ0) is 86.0. The lowest BCUT2D eigenvalue weighted by Crippen LogP contribution is -2.68. The van der Waals surface area contributed by atoms with Gasteiger partial charge < -0.3 is 80.6 Å². The predicted octanol–water partition coefficient (Wildman–Crippen LogP) is 17.2. The minimum Gasteiger partial charge on any atom is -0.469 e. The number of benzene rings is 10. The Morgan fingerprint density at radius 3 is 0.952 bits per heavy atom. The van der Waals surface area contributed by atoms with Gasteiger partial charge in [-0.15, -0.1) is 0 Å². The van der Waals surface area contributed by atoms with Gasteiger partial charge >= 0.3 is 17.9 Å². The van der Waals surface area contributed by atoms with Gasteiger partial charge in [0, 0.05) is 13.0 Å². The fourth-order valence-electron chi connectivity index (χ4n) is 16.3. The van der Waals surface area contributed by atoms with Gasteiger partial charge in [-0.3, -0.25) is 4.79 Å². The van der Waals surface area contributed by atoms with Crippen molar-refractivity contribution in [2.45, 2.75) is 222 Å². The van der Waals surface area contributed by atoms with Gasteiger partial charge in [0.1, 0.15) is 61.0 Å². The molecule has 0 spiro atoms. The van der Waals surface area contributed by atoms with Crippen molar-refractivity contribution in [3.05, 3.63) is 348 Å². The number of ether oxygens (including phenoxy) is 15. The van der Waals surface area contributed by atoms with E-state index in [9.17, 15) is 14.7 Å². The maximum Gasteiger partial charge on any atom is 0.338 e. The molecule has 0 unspecified atom stereocenters. The van der Waals surface area contributed by atoms with Crippen molar-refractivity contribution >= 4 is 36.6 Å². The highest BCUT2D eigenvalue weighted by atomic mass is 28.4. The van der Waals surface area contributed by atoms with Gasteiger partial charge in [0.05, 0.1) is 77.7 Å². The second kappa shape index (κ2) is 48.1. The number of carbonyl (C=O) groups excluding carboxylic acids is 3. The van der Waals surface area contributed by atoms with Crippen LogP contribution in [0, 0.1) is 0 Å². The maximum atomic E-state index is 15.2. The summed E-state index contributed by atoms with van der Waals surface area (Å²) in [6.45, 7) is 6.49. The first-order chi connectivity index (χ1) is 60.8. The van der Waals surface area contributed by atoms with Crippen LogP contribution >= 0.6 is 0 Å². The third kappa shape index (κ3) is 26.2. The number of rotatable bonds is 46. The number of unbranched alkanes of at least 4 members (excludes halogenated alkanes) is 8. The van der Waals surface area contributed by atoms with Gasteiger partial charge in [-0.25, -0.2) is 9.59 Å². The van der Waals surface area contributed by atoms with Crippen molar-refractivity contribution in [2.24, 2.45) is 0 Å². The zero-order valence-corrected chi connectivity index (χ0v) is 72.4. The Bertz CT molecular complexity index is 4650. The Kier molecular flexibility index (Phi) is 35.7. The van der Waals surface area contributed by atoms with E-state index in [2.05, 4.69) is 45.0 Å². The Balaban J connectivity index is 0.877. The molecule has 0 radical (unpaired) electrons. The number of hydrogen-bond acceptors (Lipinski definition) is 20. The molecule has 0 aliphatic carbocycles. The molecule has 15 atom stereocenters. The molecule has 0 aromatic heterocycles. The molecule has 0 saturated carbocycles. The van der Waals surface area contributed by atoms with E-state index in [4.69, 9.17) is 75.5 Å². The normalized spacial score (nSPS) is 22.8. The summed E-state index contributed by atoms with van der Waals surface area (Å²) in [7, 11) is -1.89. The minimum atomic E-state index is -3.32. The molecule has 3 aliphatic heterocycles. The number of esters is 3. The van der Waals surface area contributed by atoms with E-state index < -0.39 is 117 Å². The van der Waals surface area contributed by atoms with Crippen molar-refractivity contribution in [1.82, 2.24) is 0 Å². The van der Waals surface area contributed by atoms with E-state index >= 15 is 4.79 Å². The van der Waals surface area contributed by atoms with Crippen LogP contribution in [0.15, 0.2) is 303 Å². The van der Waals surface area contributed by atoms with Gasteiger partial charge in [0.15, 0.2) is 31.1 Å². The van der Waals surface area contributed by atoms with E-state index in [1.807, 2.05) is 231 Å². The predicted molar refractivity (Wildman–Crippen MR) is 473 cm³/mol. The first kappa shape index (κ1) is 91.9. The lowest BCUT2D eigenvalue weighted by Gasteiger charge is -2.48. The summed E-state index contributed by atoms with van der Waals surface area (Å²) in [5, 5.41) is 15.0. The molecule has 3 saturated heterocycles. The van der Waals surface area contributed by atoms with Crippen molar-refractivity contribution in [1.29, 1.82) is 0 Å². The van der Waals surface area contributed by atoms with Crippen molar-refractivity contribution in [2.75, 3.05) is 33.5 Å². The van der Waals surface area contributed by atoms with Crippen LogP contribution in [0.1, 0.15) is 139 Å². The SMILES string of the molecule is COC(=O)CCCCCCCCCCCO[C@@H]1O[C@H](CO[C@@H]2O[C@H](CO[C@@H]3O[C@H](CO[Si](c4ccccc4)(c4ccccc4)C(C)(C)C)[C@H](OCc4ccccc4)[C@H](OCc4ccccc4)[C@H]3O)[C@H](OCc3ccccc3)[C@H](OCc3ccccc3)[C@H]2OC(=O)c2ccccc2)[C@H](OCc2ccccc2)[C@H](OCc2ccccc2)[C@H]1OC(=O)c1ccccc1. The van der Waals surface area contributed by atoms with Crippen LogP contribution in [0.5, 0.6) is 0 Å². The highest BCUT2D eigenvalue weighted by Crippen LogP contribution is 2.41. The van der Waals surface area contributed by atoms with Gasteiger partial charge in [0.25, 0.3) is 8.32 Å². The topological polar surface area (TPSA) is 219 Å². The molecule has 0 bridgehead atoms. The third-order valence-corrected chi connectivity index (χ3v) is 27.8. The number of hydrogen-bond donors (Lipinski definition) is 1. The summed E-state index contributed by atoms with van der Waals surface area (Å²) < 4.78 is 112. The zero-order valence-electron chi connectivity index (χ0n) is 71.4. The van der Waals surface area contributed by atoms with Gasteiger partial charge in [0.2, 0.25) is 0 Å². The quantitative estimate of drug-likeness (QED) is 0.0162. The van der Waals surface area contributed by atoms with E-state index in [-0.39, 0.29) is 77.6 Å². The summed E-state index contributed by atoms with van der Waals surface area (Å²) >= 11 is 0. The monoisotopic (exact) mass is 1700 g/mol. The Hall–Kier alpha value is -9.73. The Morgan fingerprint density at radius 2 is 0.597 bits per heavy atom. The Morgan fingerprint density at radius 1 is 0.315 bits per heavy atom. The second-order valence-corrected chi connectivity index (χ2v) is 37.0. The average Bonchev–Trinajstić information content (AvgIpc) is 0.742. The molecular formula is C103H118O20Si. The highest BCUT2D eigenvalue weighted by Gasteiger charge is 2.57. The van der Waals surface area contributed by atoms with Gasteiger partial charge in [-0.1, -0.05) is 345 Å². The molecule has 10 aromatic rings. The van der Waals surface area contributed by atoms with Crippen LogP contribution in [0.3, 0.4) is 0 Å². The molecular weight excluding hydrogens is 1590 g/mol. The standard InChI is InChI=1S/C103H118O20Si/c1-103(2,3)124(83-60-38-20-39-61-83,84-62-40-21-41-63-84)118-74-87-90(110-66-75-44-22-12-23-45-75)93(113-69-78-50-28-15-29-51-78)89(105)100(119-87)116-72-85-91(111-67-76-46-24-13-25-47-76)95(115-71-80-54-32-17-33-55-80)97(123-99(107)82-58-36-19-37-59-82)102(121-85)117-73-86-92(112-68-77-48-26-14-27-49-77)94(114-70-79-52-30-16-31-53-79)96(122-98(106)81-56-34-18-35-57-81)101(120-86)109-65-43-11-9-7-5-6-8-10-42-64-88(104)108-4/h12-41,44-63,85-87,89-97,100-102,105H,5-11,42-43,64-74H2,1-4H3/t85-,86-,87-,89-,90+,91+,92+,93-,94+,95+,96-,97-,100-,101-,102-/m1/s1. The molecule has 3 heterocycles. The summed E-state index contributed by atoms with van der Waals surface area (Å²) in [4.78, 5) is 41.7. The molecule has 1 N–H and O–H groups in total. The van der Waals surface area contributed by atoms with Crippen LogP contribution in [0.25, 0.3) is 0 Å². The molecule has 3 fully saturated rings. The minimum absolute atomic E-state index is 0.00207. The Labute approximate surface area is 730 Å². The molecule has 3 aliphatic rings. The van der Waals surface area contributed by atoms with Crippen LogP contribution in [0.4, 0.5) is 0 Å².